The number of ketones is 1. The van der Waals surface area contributed by atoms with Gasteiger partial charge in [0, 0.05) is 49.9 Å². The average Bonchev–Trinajstić information content (AvgIpc) is 3.32. The number of benzene rings is 1. The summed E-state index contributed by atoms with van der Waals surface area (Å²) >= 11 is 0. The number of piperazine rings is 1. The zero-order valence-electron chi connectivity index (χ0n) is 20.3. The summed E-state index contributed by atoms with van der Waals surface area (Å²) in [6.07, 6.45) is -0.250. The molecule has 0 radical (unpaired) electrons. The number of hydrogen-bond donors (Lipinski definition) is 1. The Morgan fingerprint density at radius 1 is 1.09 bits per heavy atom. The van der Waals surface area contributed by atoms with Crippen LogP contribution in [0.1, 0.15) is 38.1 Å². The van der Waals surface area contributed by atoms with Crippen molar-refractivity contribution in [2.24, 2.45) is 11.3 Å². The van der Waals surface area contributed by atoms with Gasteiger partial charge < -0.3 is 24.8 Å². The molecule has 4 rings (SSSR count). The van der Waals surface area contributed by atoms with Crippen molar-refractivity contribution in [1.82, 2.24) is 15.1 Å². The van der Waals surface area contributed by atoms with Crippen LogP contribution >= 0.6 is 0 Å². The van der Waals surface area contributed by atoms with E-state index >= 15 is 0 Å². The van der Waals surface area contributed by atoms with E-state index < -0.39 is 17.5 Å². The second-order valence-electron chi connectivity index (χ2n) is 10.8. The molecule has 4 atom stereocenters. The maximum atomic E-state index is 13.6. The highest BCUT2D eigenvalue weighted by Gasteiger charge is 2.52. The van der Waals surface area contributed by atoms with Gasteiger partial charge in [-0.05, 0) is 36.7 Å². The quantitative estimate of drug-likeness (QED) is 0.738. The minimum atomic E-state index is -0.748. The Labute approximate surface area is 196 Å². The average molecular weight is 457 g/mol. The first-order chi connectivity index (χ1) is 15.6. The molecule has 2 amide bonds. The van der Waals surface area contributed by atoms with Gasteiger partial charge in [-0.25, -0.2) is 0 Å². The Bertz CT molecular complexity index is 902. The van der Waals surface area contributed by atoms with E-state index in [1.807, 2.05) is 52.0 Å². The van der Waals surface area contributed by atoms with Crippen LogP contribution in [-0.2, 0) is 14.3 Å². The predicted molar refractivity (Wildman–Crippen MR) is 126 cm³/mol. The highest BCUT2D eigenvalue weighted by atomic mass is 16.5. The van der Waals surface area contributed by atoms with Crippen molar-refractivity contribution in [3.8, 4) is 0 Å². The first-order valence-corrected chi connectivity index (χ1v) is 11.9. The molecule has 3 aliphatic heterocycles. The standard InChI is InChI=1S/C25H36N4O4/c1-16-14-29(20-19(30)15-33-21(16)20)24(32)22(25(2,3)4)26-23(31)17-6-8-18(9-7-17)28-12-10-27(5)11-13-28/h6-9,16,20-22H,10-15H2,1-5H3,(H,26,31)/t16?,20-,21-,22-/m1/s1. The van der Waals surface area contributed by atoms with E-state index in [4.69, 9.17) is 4.74 Å². The van der Waals surface area contributed by atoms with Crippen LogP contribution in [0.5, 0.6) is 0 Å². The fraction of sp³-hybridized carbons (Fsp3) is 0.640. The van der Waals surface area contributed by atoms with Crippen LogP contribution in [0, 0.1) is 11.3 Å². The number of hydrogen-bond acceptors (Lipinski definition) is 6. The number of nitrogens with one attached hydrogen (secondary N) is 1. The molecule has 0 bridgehead atoms. The zero-order valence-corrected chi connectivity index (χ0v) is 20.3. The van der Waals surface area contributed by atoms with Crippen LogP contribution in [0.4, 0.5) is 5.69 Å². The Balaban J connectivity index is 1.47. The number of fused-ring (bicyclic) bond motifs is 1. The number of carbonyl (C=O) groups excluding carboxylic acids is 3. The van der Waals surface area contributed by atoms with Crippen molar-refractivity contribution >= 4 is 23.3 Å². The summed E-state index contributed by atoms with van der Waals surface area (Å²) in [7, 11) is 2.12. The van der Waals surface area contributed by atoms with E-state index in [9.17, 15) is 14.4 Å². The topological polar surface area (TPSA) is 82.2 Å². The van der Waals surface area contributed by atoms with Crippen LogP contribution in [0.15, 0.2) is 24.3 Å². The van der Waals surface area contributed by atoms with Gasteiger partial charge in [-0.1, -0.05) is 27.7 Å². The largest absolute Gasteiger partial charge is 0.369 e. The van der Waals surface area contributed by atoms with Gasteiger partial charge in [-0.2, -0.15) is 0 Å². The molecule has 1 unspecified atom stereocenters. The molecule has 1 N–H and O–H groups in total. The van der Waals surface area contributed by atoms with E-state index in [-0.39, 0.29) is 36.2 Å². The Morgan fingerprint density at radius 2 is 1.73 bits per heavy atom. The van der Waals surface area contributed by atoms with Crippen molar-refractivity contribution in [2.75, 3.05) is 51.3 Å². The third-order valence-electron chi connectivity index (χ3n) is 7.11. The van der Waals surface area contributed by atoms with E-state index in [0.29, 0.717) is 12.1 Å². The second-order valence-corrected chi connectivity index (χ2v) is 10.8. The molecule has 3 aliphatic rings. The van der Waals surface area contributed by atoms with Crippen LogP contribution in [0.25, 0.3) is 0 Å². The number of amides is 2. The summed E-state index contributed by atoms with van der Waals surface area (Å²) in [4.78, 5) is 45.3. The molecular formula is C25H36N4O4. The molecular weight excluding hydrogens is 420 g/mol. The van der Waals surface area contributed by atoms with E-state index in [1.165, 1.54) is 0 Å². The number of rotatable bonds is 4. The normalized spacial score (nSPS) is 26.9. The number of likely N-dealkylation sites (tertiary alicyclic amines) is 1. The van der Waals surface area contributed by atoms with Crippen molar-refractivity contribution in [2.45, 2.75) is 45.9 Å². The van der Waals surface area contributed by atoms with E-state index in [0.717, 1.165) is 31.9 Å². The fourth-order valence-electron chi connectivity index (χ4n) is 5.04. The fourth-order valence-corrected chi connectivity index (χ4v) is 5.04. The van der Waals surface area contributed by atoms with Gasteiger partial charge >= 0.3 is 0 Å². The monoisotopic (exact) mass is 456 g/mol. The summed E-state index contributed by atoms with van der Waals surface area (Å²) in [6.45, 7) is 12.2. The summed E-state index contributed by atoms with van der Waals surface area (Å²) in [6, 6.07) is 6.27. The number of carbonyl (C=O) groups is 3. The van der Waals surface area contributed by atoms with Crippen molar-refractivity contribution in [3.63, 3.8) is 0 Å². The molecule has 3 saturated heterocycles. The molecule has 3 heterocycles. The van der Waals surface area contributed by atoms with Crippen molar-refractivity contribution < 1.29 is 19.1 Å². The van der Waals surface area contributed by atoms with Crippen molar-refractivity contribution in [1.29, 1.82) is 0 Å². The molecule has 8 heteroatoms. The van der Waals surface area contributed by atoms with E-state index in [1.54, 1.807) is 4.90 Å². The zero-order chi connectivity index (χ0) is 23.9. The predicted octanol–water partition coefficient (Wildman–Crippen LogP) is 1.40. The molecule has 33 heavy (non-hydrogen) atoms. The number of likely N-dealkylation sites (N-methyl/N-ethyl adjacent to an activating group) is 1. The van der Waals surface area contributed by atoms with Crippen LogP contribution in [0.2, 0.25) is 0 Å². The van der Waals surface area contributed by atoms with Crippen molar-refractivity contribution in [3.05, 3.63) is 29.8 Å². The maximum Gasteiger partial charge on any atom is 0.251 e. The molecule has 0 spiro atoms. The number of ether oxygens (including phenoxy) is 1. The Kier molecular flexibility index (Phi) is 6.51. The highest BCUT2D eigenvalue weighted by Crippen LogP contribution is 2.33. The van der Waals surface area contributed by atoms with Gasteiger partial charge in [-0.3, -0.25) is 14.4 Å². The minimum Gasteiger partial charge on any atom is -0.369 e. The summed E-state index contributed by atoms with van der Waals surface area (Å²) < 4.78 is 5.63. The summed E-state index contributed by atoms with van der Waals surface area (Å²) in [5, 5.41) is 2.96. The van der Waals surface area contributed by atoms with Crippen LogP contribution in [0.3, 0.4) is 0 Å². The third-order valence-corrected chi connectivity index (χ3v) is 7.11. The first-order valence-electron chi connectivity index (χ1n) is 11.9. The van der Waals surface area contributed by atoms with Gasteiger partial charge in [0.15, 0.2) is 5.78 Å². The maximum absolute atomic E-state index is 13.6. The lowest BCUT2D eigenvalue weighted by molar-refractivity contribution is -0.140. The SMILES string of the molecule is CC1CN(C(=O)[C@@H](NC(=O)c2ccc(N3CCN(C)CC3)cc2)C(C)(C)C)[C@@H]2C(=O)CO[C@H]12. The number of Topliss-reactive ketones (excluding diaryl/α,β-unsaturated/α-hetero) is 1. The number of nitrogens with zero attached hydrogens (tertiary/aromatic N) is 3. The molecule has 0 aliphatic carbocycles. The van der Waals surface area contributed by atoms with Crippen LogP contribution in [-0.4, -0.2) is 92.0 Å². The summed E-state index contributed by atoms with van der Waals surface area (Å²) in [5.41, 5.74) is 1.10. The lowest BCUT2D eigenvalue weighted by Gasteiger charge is -2.35. The number of anilines is 1. The van der Waals surface area contributed by atoms with Gasteiger partial charge in [0.25, 0.3) is 5.91 Å². The molecule has 1 aromatic carbocycles. The molecule has 180 valence electrons. The van der Waals surface area contributed by atoms with Gasteiger partial charge in [0.05, 0.1) is 6.10 Å². The first kappa shape index (κ1) is 23.7. The second kappa shape index (κ2) is 9.06. The molecule has 1 aromatic rings. The van der Waals surface area contributed by atoms with Gasteiger partial charge in [0.1, 0.15) is 18.7 Å². The Hall–Kier alpha value is -2.45. The van der Waals surface area contributed by atoms with Gasteiger partial charge in [-0.15, -0.1) is 0 Å². The summed E-state index contributed by atoms with van der Waals surface area (Å²) in [5.74, 6) is -0.478. The minimum absolute atomic E-state index is 0.0512. The van der Waals surface area contributed by atoms with Gasteiger partial charge in [0.2, 0.25) is 5.91 Å². The lowest BCUT2D eigenvalue weighted by atomic mass is 9.85. The Morgan fingerprint density at radius 3 is 2.33 bits per heavy atom. The lowest BCUT2D eigenvalue weighted by Crippen LogP contribution is -2.57. The van der Waals surface area contributed by atoms with E-state index in [2.05, 4.69) is 22.2 Å². The smallest absolute Gasteiger partial charge is 0.251 e. The molecule has 0 aromatic heterocycles. The molecule has 0 saturated carbocycles. The molecule has 8 nitrogen and oxygen atoms in total. The van der Waals surface area contributed by atoms with Crippen LogP contribution < -0.4 is 10.2 Å². The highest BCUT2D eigenvalue weighted by molar-refractivity contribution is 5.99. The third kappa shape index (κ3) is 4.77. The molecule has 3 fully saturated rings.